The van der Waals surface area contributed by atoms with Gasteiger partial charge < -0.3 is 9.64 Å². The Kier molecular flexibility index (Phi) is 6.40. The highest BCUT2D eigenvalue weighted by atomic mass is 35.5. The number of likely N-dealkylation sites (N-methyl/N-ethyl adjacent to an activating group) is 2. The zero-order chi connectivity index (χ0) is 23.9. The van der Waals surface area contributed by atoms with Crippen molar-refractivity contribution in [3.63, 3.8) is 0 Å². The lowest BCUT2D eigenvalue weighted by Gasteiger charge is -2.36. The number of methoxy groups -OCH3 is 1. The largest absolute Gasteiger partial charge is 0.466 e. The second-order valence-electron chi connectivity index (χ2n) is 8.43. The SMILES string of the molecule is COC(=O)C[N+]1=C(CN2CCN(c3cc(Cl)ccc3C)CC2)N=C2C1C(=O)N(C)C(=O)N2C. The molecule has 3 aliphatic rings. The minimum Gasteiger partial charge on any atom is -0.466 e. The van der Waals surface area contributed by atoms with E-state index in [9.17, 15) is 14.4 Å². The number of piperazine rings is 1. The van der Waals surface area contributed by atoms with Crippen molar-refractivity contribution in [1.29, 1.82) is 0 Å². The molecule has 0 spiro atoms. The first-order chi connectivity index (χ1) is 15.7. The van der Waals surface area contributed by atoms with Crippen LogP contribution in [0.1, 0.15) is 5.56 Å². The van der Waals surface area contributed by atoms with Gasteiger partial charge in [-0.25, -0.2) is 14.2 Å². The number of imide groups is 1. The van der Waals surface area contributed by atoms with E-state index in [1.54, 1.807) is 11.6 Å². The van der Waals surface area contributed by atoms with E-state index in [4.69, 9.17) is 16.3 Å². The average Bonchev–Trinajstić information content (AvgIpc) is 3.16. The van der Waals surface area contributed by atoms with Crippen LogP contribution in [-0.2, 0) is 14.3 Å². The lowest BCUT2D eigenvalue weighted by Crippen LogP contribution is -2.62. The van der Waals surface area contributed by atoms with E-state index in [0.717, 1.165) is 36.8 Å². The number of amidine groups is 2. The maximum Gasteiger partial charge on any atom is 0.347 e. The van der Waals surface area contributed by atoms with Crippen LogP contribution in [0.25, 0.3) is 0 Å². The number of aliphatic imine (C=N–C) groups is 1. The highest BCUT2D eigenvalue weighted by molar-refractivity contribution is 6.30. The minimum atomic E-state index is -0.817. The molecule has 176 valence electrons. The van der Waals surface area contributed by atoms with Crippen molar-refractivity contribution in [2.75, 3.05) is 65.4 Å². The maximum atomic E-state index is 12.9. The summed E-state index contributed by atoms with van der Waals surface area (Å²) in [6, 6.07) is 4.64. The first kappa shape index (κ1) is 23.2. The number of ether oxygens (including phenoxy) is 1. The number of rotatable bonds is 5. The average molecular weight is 476 g/mol. The van der Waals surface area contributed by atoms with Gasteiger partial charge in [-0.1, -0.05) is 17.7 Å². The number of halogens is 1. The number of benzene rings is 1. The normalized spacial score (nSPS) is 21.5. The number of fused-ring (bicyclic) bond motifs is 1. The predicted octanol–water partition coefficient (Wildman–Crippen LogP) is 0.659. The second-order valence-corrected chi connectivity index (χ2v) is 8.86. The number of hydrogen-bond acceptors (Lipinski definition) is 7. The van der Waals surface area contributed by atoms with Gasteiger partial charge in [-0.2, -0.15) is 0 Å². The Morgan fingerprint density at radius 2 is 1.88 bits per heavy atom. The molecule has 1 unspecified atom stereocenters. The number of hydrogen-bond donors (Lipinski definition) is 0. The summed E-state index contributed by atoms with van der Waals surface area (Å²) in [5, 5.41) is 0.713. The number of amides is 3. The first-order valence-electron chi connectivity index (χ1n) is 10.8. The Hall–Kier alpha value is -2.98. The molecule has 0 saturated carbocycles. The van der Waals surface area contributed by atoms with E-state index < -0.39 is 23.9 Å². The zero-order valence-electron chi connectivity index (χ0n) is 19.2. The summed E-state index contributed by atoms with van der Waals surface area (Å²) in [7, 11) is 4.33. The van der Waals surface area contributed by atoms with Crippen LogP contribution in [0, 0.1) is 6.92 Å². The first-order valence-corrected chi connectivity index (χ1v) is 11.2. The molecule has 4 rings (SSSR count). The Labute approximate surface area is 197 Å². The molecule has 2 fully saturated rings. The molecule has 0 aromatic heterocycles. The molecule has 3 amide bonds. The van der Waals surface area contributed by atoms with E-state index in [-0.39, 0.29) is 6.54 Å². The van der Waals surface area contributed by atoms with Crippen LogP contribution < -0.4 is 4.90 Å². The van der Waals surface area contributed by atoms with Gasteiger partial charge >= 0.3 is 17.8 Å². The summed E-state index contributed by atoms with van der Waals surface area (Å²) in [6.07, 6.45) is 0. The van der Waals surface area contributed by atoms with Gasteiger partial charge in [0.25, 0.3) is 17.8 Å². The van der Waals surface area contributed by atoms with E-state index in [1.165, 1.54) is 24.6 Å². The summed E-state index contributed by atoms with van der Waals surface area (Å²) in [6.45, 7) is 5.59. The van der Waals surface area contributed by atoms with Gasteiger partial charge in [0.1, 0.15) is 6.54 Å². The fourth-order valence-electron chi connectivity index (χ4n) is 4.43. The molecule has 0 bridgehead atoms. The lowest BCUT2D eigenvalue weighted by atomic mass is 10.1. The minimum absolute atomic E-state index is 0.118. The van der Waals surface area contributed by atoms with Crippen molar-refractivity contribution in [3.05, 3.63) is 28.8 Å². The smallest absolute Gasteiger partial charge is 0.347 e. The zero-order valence-corrected chi connectivity index (χ0v) is 20.0. The Bertz CT molecular complexity index is 1060. The van der Waals surface area contributed by atoms with Gasteiger partial charge in [-0.05, 0) is 29.6 Å². The molecule has 0 aliphatic carbocycles. The number of urea groups is 1. The van der Waals surface area contributed by atoms with E-state index in [0.29, 0.717) is 23.2 Å². The monoisotopic (exact) mass is 475 g/mol. The van der Waals surface area contributed by atoms with Gasteiger partial charge in [0.05, 0.1) is 7.11 Å². The molecule has 3 heterocycles. The molecule has 33 heavy (non-hydrogen) atoms. The van der Waals surface area contributed by atoms with Gasteiger partial charge in [-0.15, -0.1) is 0 Å². The van der Waals surface area contributed by atoms with E-state index in [1.807, 2.05) is 18.2 Å². The van der Waals surface area contributed by atoms with Gasteiger partial charge in [0.2, 0.25) is 0 Å². The van der Waals surface area contributed by atoms with Crippen molar-refractivity contribution >= 4 is 46.9 Å². The fraction of sp³-hybridized carbons (Fsp3) is 0.500. The number of carbonyl (C=O) groups is 3. The van der Waals surface area contributed by atoms with Crippen LogP contribution in [0.15, 0.2) is 23.2 Å². The summed E-state index contributed by atoms with van der Waals surface area (Å²) < 4.78 is 6.49. The molecule has 10 nitrogen and oxygen atoms in total. The van der Waals surface area contributed by atoms with E-state index in [2.05, 4.69) is 21.7 Å². The number of anilines is 1. The van der Waals surface area contributed by atoms with Gasteiger partial charge in [-0.3, -0.25) is 19.5 Å². The number of nitrogens with zero attached hydrogens (tertiary/aromatic N) is 6. The van der Waals surface area contributed by atoms with Crippen LogP contribution in [-0.4, -0.2) is 115 Å². The van der Waals surface area contributed by atoms with Crippen molar-refractivity contribution in [2.45, 2.75) is 13.0 Å². The Morgan fingerprint density at radius 3 is 2.55 bits per heavy atom. The third-order valence-corrected chi connectivity index (χ3v) is 6.62. The third-order valence-electron chi connectivity index (χ3n) is 6.39. The molecular weight excluding hydrogens is 448 g/mol. The number of esters is 1. The molecule has 2 saturated heterocycles. The molecule has 0 radical (unpaired) electrons. The highest BCUT2D eigenvalue weighted by Crippen LogP contribution is 2.25. The maximum absolute atomic E-state index is 12.9. The van der Waals surface area contributed by atoms with Crippen LogP contribution in [0.4, 0.5) is 10.5 Å². The molecule has 1 aromatic rings. The quantitative estimate of drug-likeness (QED) is 0.459. The van der Waals surface area contributed by atoms with Crippen molar-refractivity contribution in [3.8, 4) is 0 Å². The van der Waals surface area contributed by atoms with E-state index >= 15 is 0 Å². The van der Waals surface area contributed by atoms with Crippen LogP contribution in [0.5, 0.6) is 0 Å². The Balaban J connectivity index is 1.54. The van der Waals surface area contributed by atoms with Crippen LogP contribution in [0.2, 0.25) is 5.02 Å². The standard InChI is InChI=1S/C22H28ClN6O4/c1-14-5-6-15(23)11-16(14)28-9-7-27(8-10-28)12-17-24-20-19(29(17)13-18(30)33-4)21(31)26(3)22(32)25(20)2/h5-6,11,19H,7-10,12-13H2,1-4H3/q+1. The summed E-state index contributed by atoms with van der Waals surface area (Å²) in [4.78, 5) is 49.0. The lowest BCUT2D eigenvalue weighted by molar-refractivity contribution is -0.527. The van der Waals surface area contributed by atoms with Crippen molar-refractivity contribution < 1.29 is 23.7 Å². The molecular formula is C22H28ClN6O4+. The summed E-state index contributed by atoms with van der Waals surface area (Å²) >= 11 is 6.19. The Morgan fingerprint density at radius 1 is 1.18 bits per heavy atom. The topological polar surface area (TPSA) is 88.8 Å². The highest BCUT2D eigenvalue weighted by Gasteiger charge is 2.53. The molecule has 0 N–H and O–H groups in total. The second kappa shape index (κ2) is 9.11. The fourth-order valence-corrected chi connectivity index (χ4v) is 4.60. The number of aryl methyl sites for hydroxylation is 1. The van der Waals surface area contributed by atoms with Gasteiger partial charge in [0, 0.05) is 51.0 Å². The summed E-state index contributed by atoms with van der Waals surface area (Å²) in [5.41, 5.74) is 2.30. The summed E-state index contributed by atoms with van der Waals surface area (Å²) in [5.74, 6) is 0.0449. The third kappa shape index (κ3) is 4.32. The molecule has 1 atom stereocenters. The number of carbonyl (C=O) groups excluding carboxylic acids is 3. The predicted molar refractivity (Wildman–Crippen MR) is 124 cm³/mol. The molecule has 3 aliphatic heterocycles. The molecule has 1 aromatic carbocycles. The van der Waals surface area contributed by atoms with Crippen molar-refractivity contribution in [2.24, 2.45) is 4.99 Å². The van der Waals surface area contributed by atoms with Crippen molar-refractivity contribution in [1.82, 2.24) is 14.7 Å². The van der Waals surface area contributed by atoms with Crippen LogP contribution in [0.3, 0.4) is 0 Å². The van der Waals surface area contributed by atoms with Gasteiger partial charge in [0.15, 0.2) is 6.54 Å². The van der Waals surface area contributed by atoms with Crippen LogP contribution >= 0.6 is 11.6 Å². The molecule has 11 heteroatoms.